The molecule has 0 unspecified atom stereocenters. The first-order valence-corrected chi connectivity index (χ1v) is 17.9. The van der Waals surface area contributed by atoms with Gasteiger partial charge in [-0.15, -0.1) is 13.2 Å². The number of rotatable bonds is 16. The average molecular weight is 714 g/mol. The Morgan fingerprint density at radius 3 is 1.82 bits per heavy atom. The molecule has 270 valence electrons. The molecule has 0 heterocycles. The van der Waals surface area contributed by atoms with Crippen LogP contribution in [0.3, 0.4) is 0 Å². The SMILES string of the molecule is C=C.CCC(=O)OCc1ccccc1.N=C(N)c1ccc(CNC(=O)CNC(=O)[C@@H](CCc2ccccc2)NS(=O)(=O)Cc2ccccc2)cc1. The minimum atomic E-state index is -3.81. The van der Waals surface area contributed by atoms with E-state index in [2.05, 4.69) is 28.5 Å². The van der Waals surface area contributed by atoms with Crippen LogP contribution in [0.4, 0.5) is 0 Å². The lowest BCUT2D eigenvalue weighted by Crippen LogP contribution is -2.49. The van der Waals surface area contributed by atoms with Gasteiger partial charge in [-0.25, -0.2) is 13.1 Å². The van der Waals surface area contributed by atoms with Gasteiger partial charge in [-0.3, -0.25) is 19.8 Å². The molecule has 0 fully saturated rings. The maximum atomic E-state index is 12.9. The van der Waals surface area contributed by atoms with Gasteiger partial charge in [-0.1, -0.05) is 122 Å². The monoisotopic (exact) mass is 713 g/mol. The molecule has 0 aliphatic carbocycles. The number of sulfonamides is 1. The Morgan fingerprint density at radius 2 is 1.29 bits per heavy atom. The second-order valence-corrected chi connectivity index (χ2v) is 12.8. The van der Waals surface area contributed by atoms with Gasteiger partial charge < -0.3 is 21.1 Å². The molecule has 0 aromatic heterocycles. The number of carbonyl (C=O) groups is 3. The summed E-state index contributed by atoms with van der Waals surface area (Å²) in [6.07, 6.45) is 1.15. The third kappa shape index (κ3) is 17.1. The summed E-state index contributed by atoms with van der Waals surface area (Å²) in [6.45, 7) is 8.10. The van der Waals surface area contributed by atoms with Gasteiger partial charge in [0.2, 0.25) is 21.8 Å². The summed E-state index contributed by atoms with van der Waals surface area (Å²) < 4.78 is 33.0. The standard InChI is InChI=1S/C27H31N5O4S.C10H12O2.C2H4/c28-26(29)23-14-11-21(12-15-23)17-30-25(33)18-31-27(34)24(16-13-20-7-3-1-4-8-20)32-37(35,36)19-22-9-5-2-6-10-22;1-2-10(11)12-8-9-6-4-3-5-7-9;1-2/h1-12,14-15,24,32H,13,16-19H2,(H3,28,29)(H,30,33)(H,31,34);3-7H,2,8H2,1H3;1-2H2/t24-;;/m1../s1. The first-order chi connectivity index (χ1) is 24.5. The van der Waals surface area contributed by atoms with E-state index in [1.54, 1.807) is 61.5 Å². The molecule has 1 atom stereocenters. The molecule has 0 radical (unpaired) electrons. The number of benzene rings is 4. The maximum Gasteiger partial charge on any atom is 0.305 e. The van der Waals surface area contributed by atoms with Crippen molar-refractivity contribution < 1.29 is 27.5 Å². The second-order valence-electron chi connectivity index (χ2n) is 11.0. The third-order valence-electron chi connectivity index (χ3n) is 7.11. The molecule has 4 rings (SSSR count). The highest BCUT2D eigenvalue weighted by atomic mass is 32.2. The molecule has 0 spiro atoms. The number of nitrogen functional groups attached to an aromatic ring is 1. The van der Waals surface area contributed by atoms with E-state index in [0.29, 0.717) is 30.6 Å². The van der Waals surface area contributed by atoms with E-state index >= 15 is 0 Å². The van der Waals surface area contributed by atoms with E-state index in [9.17, 15) is 22.8 Å². The highest BCUT2D eigenvalue weighted by molar-refractivity contribution is 7.88. The lowest BCUT2D eigenvalue weighted by molar-refractivity contribution is -0.144. The molecule has 0 aliphatic heterocycles. The molecule has 51 heavy (non-hydrogen) atoms. The topological polar surface area (TPSA) is 181 Å². The quantitative estimate of drug-likeness (QED) is 0.0480. The molecular formula is C39H47N5O6S. The van der Waals surface area contributed by atoms with E-state index in [1.165, 1.54) is 0 Å². The summed E-state index contributed by atoms with van der Waals surface area (Å²) in [4.78, 5) is 36.0. The highest BCUT2D eigenvalue weighted by Crippen LogP contribution is 2.10. The number of amides is 2. The fourth-order valence-corrected chi connectivity index (χ4v) is 5.82. The lowest BCUT2D eigenvalue weighted by Gasteiger charge is -2.19. The van der Waals surface area contributed by atoms with Crippen molar-refractivity contribution in [1.29, 1.82) is 5.41 Å². The van der Waals surface area contributed by atoms with Gasteiger partial charge in [0, 0.05) is 18.5 Å². The molecule has 11 nitrogen and oxygen atoms in total. The molecule has 0 saturated heterocycles. The van der Waals surface area contributed by atoms with Crippen molar-refractivity contribution in [3.8, 4) is 0 Å². The number of amidine groups is 1. The zero-order valence-electron chi connectivity index (χ0n) is 28.8. The zero-order chi connectivity index (χ0) is 37.5. The van der Waals surface area contributed by atoms with E-state index < -0.39 is 27.9 Å². The Hall–Kier alpha value is -5.59. The minimum Gasteiger partial charge on any atom is -0.461 e. The van der Waals surface area contributed by atoms with Gasteiger partial charge in [0.15, 0.2) is 0 Å². The van der Waals surface area contributed by atoms with Crippen molar-refractivity contribution in [2.45, 2.75) is 51.1 Å². The smallest absolute Gasteiger partial charge is 0.305 e. The molecular weight excluding hydrogens is 667 g/mol. The number of ether oxygens (including phenoxy) is 1. The number of carbonyl (C=O) groups excluding carboxylic acids is 3. The molecule has 4 aromatic rings. The Morgan fingerprint density at radius 1 is 0.765 bits per heavy atom. The van der Waals surface area contributed by atoms with Crippen LogP contribution >= 0.6 is 0 Å². The van der Waals surface area contributed by atoms with Gasteiger partial charge in [-0.05, 0) is 35.1 Å². The van der Waals surface area contributed by atoms with Gasteiger partial charge >= 0.3 is 5.97 Å². The normalized spacial score (nSPS) is 10.9. The van der Waals surface area contributed by atoms with Crippen molar-refractivity contribution in [2.24, 2.45) is 5.73 Å². The van der Waals surface area contributed by atoms with Crippen molar-refractivity contribution >= 4 is 33.6 Å². The Kier molecular flexibility index (Phi) is 18.7. The van der Waals surface area contributed by atoms with Crippen molar-refractivity contribution in [3.05, 3.63) is 156 Å². The molecule has 2 amide bonds. The molecule has 12 heteroatoms. The Labute approximate surface area is 300 Å². The van der Waals surface area contributed by atoms with Crippen molar-refractivity contribution in [1.82, 2.24) is 15.4 Å². The van der Waals surface area contributed by atoms with Crippen LogP contribution in [-0.4, -0.2) is 44.6 Å². The number of esters is 1. The van der Waals surface area contributed by atoms with Crippen molar-refractivity contribution in [3.63, 3.8) is 0 Å². The fourth-order valence-electron chi connectivity index (χ4n) is 4.45. The molecule has 0 bridgehead atoms. The second kappa shape index (κ2) is 22.9. The largest absolute Gasteiger partial charge is 0.461 e. The first-order valence-electron chi connectivity index (χ1n) is 16.3. The Bertz CT molecular complexity index is 1750. The number of nitrogens with two attached hydrogens (primary N) is 1. The summed E-state index contributed by atoms with van der Waals surface area (Å²) in [5, 5.41) is 12.7. The third-order valence-corrected chi connectivity index (χ3v) is 8.47. The summed E-state index contributed by atoms with van der Waals surface area (Å²) in [5.74, 6) is -1.45. The summed E-state index contributed by atoms with van der Waals surface area (Å²) in [5.41, 5.74) is 9.43. The van der Waals surface area contributed by atoms with Crippen LogP contribution in [0.1, 0.15) is 47.6 Å². The van der Waals surface area contributed by atoms with Gasteiger partial charge in [-0.2, -0.15) is 0 Å². The summed E-state index contributed by atoms with van der Waals surface area (Å²) >= 11 is 0. The number of hydrogen-bond donors (Lipinski definition) is 5. The van der Waals surface area contributed by atoms with E-state index in [4.69, 9.17) is 15.9 Å². The van der Waals surface area contributed by atoms with Crippen molar-refractivity contribution in [2.75, 3.05) is 6.54 Å². The van der Waals surface area contributed by atoms with E-state index in [1.807, 2.05) is 60.7 Å². The predicted octanol–water partition coefficient (Wildman–Crippen LogP) is 4.77. The van der Waals surface area contributed by atoms with E-state index in [0.717, 1.165) is 16.7 Å². The number of aryl methyl sites for hydroxylation is 1. The van der Waals surface area contributed by atoms with E-state index in [-0.39, 0.29) is 37.1 Å². The first kappa shape index (κ1) is 41.6. The van der Waals surface area contributed by atoms with Crippen LogP contribution < -0.4 is 21.1 Å². The highest BCUT2D eigenvalue weighted by Gasteiger charge is 2.25. The van der Waals surface area contributed by atoms with Crippen LogP contribution in [-0.2, 0) is 54.5 Å². The molecule has 6 N–H and O–H groups in total. The minimum absolute atomic E-state index is 0.0421. The molecule has 0 aliphatic rings. The van der Waals surface area contributed by atoms with Crippen LogP contribution in [0.2, 0.25) is 0 Å². The summed E-state index contributed by atoms with van der Waals surface area (Å²) in [7, 11) is -3.81. The number of hydrogen-bond acceptors (Lipinski definition) is 7. The zero-order valence-corrected chi connectivity index (χ0v) is 29.7. The summed E-state index contributed by atoms with van der Waals surface area (Å²) in [6, 6.07) is 33.6. The van der Waals surface area contributed by atoms with Crippen LogP contribution in [0.25, 0.3) is 0 Å². The van der Waals surface area contributed by atoms with Gasteiger partial charge in [0.05, 0.1) is 12.3 Å². The molecule has 4 aromatic carbocycles. The fraction of sp³-hybridized carbons (Fsp3) is 0.231. The van der Waals surface area contributed by atoms with Gasteiger partial charge in [0.1, 0.15) is 18.5 Å². The van der Waals surface area contributed by atoms with Crippen LogP contribution in [0, 0.1) is 5.41 Å². The predicted molar refractivity (Wildman–Crippen MR) is 201 cm³/mol. The van der Waals surface area contributed by atoms with Gasteiger partial charge in [0.25, 0.3) is 0 Å². The Balaban J connectivity index is 0.000000540. The maximum absolute atomic E-state index is 12.9. The van der Waals surface area contributed by atoms with Crippen LogP contribution in [0.15, 0.2) is 128 Å². The average Bonchev–Trinajstić information content (AvgIpc) is 3.16. The lowest BCUT2D eigenvalue weighted by atomic mass is 10.1. The molecule has 0 saturated carbocycles. The number of nitrogens with one attached hydrogen (secondary N) is 4. The van der Waals surface area contributed by atoms with Crippen LogP contribution in [0.5, 0.6) is 0 Å².